The van der Waals surface area contributed by atoms with Crippen molar-refractivity contribution in [3.8, 4) is 0 Å². The van der Waals surface area contributed by atoms with Gasteiger partial charge in [0.25, 0.3) is 0 Å². The fourth-order valence-corrected chi connectivity index (χ4v) is 3.83. The summed E-state index contributed by atoms with van der Waals surface area (Å²) < 4.78 is 44.2. The number of ether oxygens (including phenoxy) is 3. The lowest BCUT2D eigenvalue weighted by atomic mass is 10.1. The van der Waals surface area contributed by atoms with Crippen molar-refractivity contribution in [3.05, 3.63) is 29.8 Å². The first-order valence-corrected chi connectivity index (χ1v) is 8.79. The molecule has 0 aliphatic carbocycles. The van der Waals surface area contributed by atoms with Crippen molar-refractivity contribution >= 4 is 10.0 Å². The fraction of sp³-hybridized carbons (Fsp3) is 0.600. The van der Waals surface area contributed by atoms with Gasteiger partial charge in [0.1, 0.15) is 18.3 Å². The molecule has 2 fully saturated rings. The number of fused-ring (bicyclic) bond motifs is 1. The van der Waals surface area contributed by atoms with E-state index in [1.54, 1.807) is 24.3 Å². The summed E-state index contributed by atoms with van der Waals surface area (Å²) >= 11 is 0. The normalized spacial score (nSPS) is 30.4. The SMILES string of the molecule is Cc1ccc(S(=O)(=O)NCC2OCC3OC(C)(C)OC23)cc1. The molecule has 2 aliphatic heterocycles. The van der Waals surface area contributed by atoms with Gasteiger partial charge in [-0.05, 0) is 32.9 Å². The van der Waals surface area contributed by atoms with Crippen molar-refractivity contribution in [3.63, 3.8) is 0 Å². The van der Waals surface area contributed by atoms with Gasteiger partial charge in [-0.25, -0.2) is 13.1 Å². The molecular weight excluding hydrogens is 306 g/mol. The number of hydrogen-bond donors (Lipinski definition) is 1. The van der Waals surface area contributed by atoms with Crippen LogP contribution in [0.5, 0.6) is 0 Å². The standard InChI is InChI=1S/C15H21NO5S/c1-10-4-6-11(7-5-10)22(17,18)16-8-12-14-13(9-19-12)20-15(2,3)21-14/h4-7,12-14,16H,8-9H2,1-3H3. The Morgan fingerprint density at radius 2 is 1.91 bits per heavy atom. The molecule has 1 aromatic rings. The minimum atomic E-state index is -3.55. The molecule has 3 atom stereocenters. The van der Waals surface area contributed by atoms with Gasteiger partial charge in [0, 0.05) is 6.54 Å². The molecule has 22 heavy (non-hydrogen) atoms. The van der Waals surface area contributed by atoms with Gasteiger partial charge in [0.05, 0.1) is 11.5 Å². The Morgan fingerprint density at radius 3 is 2.59 bits per heavy atom. The summed E-state index contributed by atoms with van der Waals surface area (Å²) in [4.78, 5) is 0.247. The van der Waals surface area contributed by atoms with Crippen LogP contribution < -0.4 is 4.72 Å². The highest BCUT2D eigenvalue weighted by molar-refractivity contribution is 7.89. The van der Waals surface area contributed by atoms with Crippen LogP contribution in [0.15, 0.2) is 29.2 Å². The van der Waals surface area contributed by atoms with E-state index in [1.807, 2.05) is 20.8 Å². The van der Waals surface area contributed by atoms with E-state index in [-0.39, 0.29) is 29.8 Å². The van der Waals surface area contributed by atoms with E-state index in [1.165, 1.54) is 0 Å². The van der Waals surface area contributed by atoms with Gasteiger partial charge in [0.15, 0.2) is 5.79 Å². The zero-order chi connectivity index (χ0) is 16.0. The van der Waals surface area contributed by atoms with Crippen molar-refractivity contribution in [2.45, 2.75) is 49.8 Å². The van der Waals surface area contributed by atoms with Crippen molar-refractivity contribution < 1.29 is 22.6 Å². The number of sulfonamides is 1. The largest absolute Gasteiger partial charge is 0.371 e. The smallest absolute Gasteiger partial charge is 0.240 e. The molecule has 122 valence electrons. The first-order chi connectivity index (χ1) is 10.3. The van der Waals surface area contributed by atoms with E-state index in [4.69, 9.17) is 14.2 Å². The van der Waals surface area contributed by atoms with Gasteiger partial charge in [-0.1, -0.05) is 17.7 Å². The Labute approximate surface area is 130 Å². The van der Waals surface area contributed by atoms with E-state index in [0.717, 1.165) is 5.56 Å². The van der Waals surface area contributed by atoms with Crippen molar-refractivity contribution in [1.29, 1.82) is 0 Å². The number of nitrogens with one attached hydrogen (secondary N) is 1. The third-order valence-electron chi connectivity index (χ3n) is 3.87. The molecule has 2 saturated heterocycles. The molecule has 0 bridgehead atoms. The Hall–Kier alpha value is -0.990. The molecule has 7 heteroatoms. The van der Waals surface area contributed by atoms with E-state index < -0.39 is 15.8 Å². The number of benzene rings is 1. The third-order valence-corrected chi connectivity index (χ3v) is 5.31. The van der Waals surface area contributed by atoms with Gasteiger partial charge in [-0.2, -0.15) is 0 Å². The molecule has 0 aromatic heterocycles. The zero-order valence-corrected chi connectivity index (χ0v) is 13.7. The van der Waals surface area contributed by atoms with Gasteiger partial charge in [-0.15, -0.1) is 0 Å². The monoisotopic (exact) mass is 327 g/mol. The highest BCUT2D eigenvalue weighted by Crippen LogP contribution is 2.35. The summed E-state index contributed by atoms with van der Waals surface area (Å²) in [5.41, 5.74) is 1.01. The summed E-state index contributed by atoms with van der Waals surface area (Å²) in [5.74, 6) is -0.646. The second-order valence-corrected chi connectivity index (χ2v) is 7.94. The first kappa shape index (κ1) is 15.9. The van der Waals surface area contributed by atoms with Crippen LogP contribution in [0.3, 0.4) is 0 Å². The predicted octanol–water partition coefficient (Wildman–Crippen LogP) is 1.19. The maximum absolute atomic E-state index is 12.3. The van der Waals surface area contributed by atoms with Crippen molar-refractivity contribution in [1.82, 2.24) is 4.72 Å². The van der Waals surface area contributed by atoms with Crippen LogP contribution in [0.25, 0.3) is 0 Å². The molecule has 3 unspecified atom stereocenters. The highest BCUT2D eigenvalue weighted by Gasteiger charge is 2.50. The maximum Gasteiger partial charge on any atom is 0.240 e. The van der Waals surface area contributed by atoms with Crippen molar-refractivity contribution in [2.24, 2.45) is 0 Å². The second-order valence-electron chi connectivity index (χ2n) is 6.18. The number of rotatable bonds is 4. The van der Waals surface area contributed by atoms with E-state index >= 15 is 0 Å². The highest BCUT2D eigenvalue weighted by atomic mass is 32.2. The van der Waals surface area contributed by atoms with Crippen LogP contribution in [-0.2, 0) is 24.2 Å². The van der Waals surface area contributed by atoms with Crippen LogP contribution >= 0.6 is 0 Å². The van der Waals surface area contributed by atoms with Crippen molar-refractivity contribution in [2.75, 3.05) is 13.2 Å². The van der Waals surface area contributed by atoms with E-state index in [9.17, 15) is 8.42 Å². The molecule has 2 aliphatic rings. The van der Waals surface area contributed by atoms with Crippen LogP contribution in [0, 0.1) is 6.92 Å². The summed E-state index contributed by atoms with van der Waals surface area (Å²) in [6.07, 6.45) is -0.716. The third kappa shape index (κ3) is 3.18. The van der Waals surface area contributed by atoms with Gasteiger partial charge in [-0.3, -0.25) is 0 Å². The molecule has 0 saturated carbocycles. The average molecular weight is 327 g/mol. The lowest BCUT2D eigenvalue weighted by Gasteiger charge is -2.21. The molecule has 1 N–H and O–H groups in total. The molecule has 1 aromatic carbocycles. The average Bonchev–Trinajstić information content (AvgIpc) is 2.92. The lowest BCUT2D eigenvalue weighted by Crippen LogP contribution is -2.39. The Balaban J connectivity index is 1.64. The molecule has 6 nitrogen and oxygen atoms in total. The lowest BCUT2D eigenvalue weighted by molar-refractivity contribution is -0.174. The zero-order valence-electron chi connectivity index (χ0n) is 12.9. The second kappa shape index (κ2) is 5.58. The summed E-state index contributed by atoms with van der Waals surface area (Å²) in [5, 5.41) is 0. The summed E-state index contributed by atoms with van der Waals surface area (Å²) in [7, 11) is -3.55. The van der Waals surface area contributed by atoms with E-state index in [0.29, 0.717) is 6.61 Å². The maximum atomic E-state index is 12.3. The molecular formula is C15H21NO5S. The molecule has 3 rings (SSSR count). The molecule has 0 radical (unpaired) electrons. The Kier molecular flexibility index (Phi) is 4.03. The number of hydrogen-bond acceptors (Lipinski definition) is 5. The minimum absolute atomic E-state index is 0.135. The Morgan fingerprint density at radius 1 is 1.23 bits per heavy atom. The fourth-order valence-electron chi connectivity index (χ4n) is 2.79. The van der Waals surface area contributed by atoms with Crippen LogP contribution in [0.1, 0.15) is 19.4 Å². The number of aryl methyl sites for hydroxylation is 1. The van der Waals surface area contributed by atoms with Gasteiger partial charge in [0.2, 0.25) is 10.0 Å². The van der Waals surface area contributed by atoms with Gasteiger partial charge < -0.3 is 14.2 Å². The van der Waals surface area contributed by atoms with Gasteiger partial charge >= 0.3 is 0 Å². The topological polar surface area (TPSA) is 73.9 Å². The first-order valence-electron chi connectivity index (χ1n) is 7.30. The molecule has 0 amide bonds. The minimum Gasteiger partial charge on any atom is -0.371 e. The Bertz CT molecular complexity index is 640. The summed E-state index contributed by atoms with van der Waals surface area (Å²) in [6.45, 7) is 6.19. The quantitative estimate of drug-likeness (QED) is 0.899. The summed E-state index contributed by atoms with van der Waals surface area (Å²) in [6, 6.07) is 6.72. The predicted molar refractivity (Wildman–Crippen MR) is 79.9 cm³/mol. The molecule has 2 heterocycles. The molecule has 0 spiro atoms. The van der Waals surface area contributed by atoms with Crippen LogP contribution in [0.4, 0.5) is 0 Å². The van der Waals surface area contributed by atoms with Crippen LogP contribution in [-0.4, -0.2) is 45.7 Å². The van der Waals surface area contributed by atoms with E-state index in [2.05, 4.69) is 4.72 Å². The van der Waals surface area contributed by atoms with Crippen LogP contribution in [0.2, 0.25) is 0 Å².